The number of hydrogen-bond donors (Lipinski definition) is 4. The summed E-state index contributed by atoms with van der Waals surface area (Å²) in [6.07, 6.45) is 1.44. The predicted octanol–water partition coefficient (Wildman–Crippen LogP) is -1.18. The van der Waals surface area contributed by atoms with Crippen LogP contribution in [0.25, 0.3) is 0 Å². The van der Waals surface area contributed by atoms with Gasteiger partial charge in [-0.2, -0.15) is 11.8 Å². The van der Waals surface area contributed by atoms with Gasteiger partial charge in [0.05, 0.1) is 10.8 Å². The number of amides is 1. The molecule has 0 rings (SSSR count). The highest BCUT2D eigenvalue weighted by Gasteiger charge is 2.23. The fourth-order valence-corrected chi connectivity index (χ4v) is 3.25. The minimum absolute atomic E-state index is 0.0958. The number of carboxylic acids is 2. The summed E-state index contributed by atoms with van der Waals surface area (Å²) in [5, 5.41) is 20.0. The van der Waals surface area contributed by atoms with Crippen molar-refractivity contribution in [3.05, 3.63) is 0 Å². The van der Waals surface area contributed by atoms with Crippen molar-refractivity contribution in [2.45, 2.75) is 24.9 Å². The molecule has 0 fully saturated rings. The van der Waals surface area contributed by atoms with Crippen molar-refractivity contribution >= 4 is 40.4 Å². The molecule has 0 aliphatic rings. The number of carbonyl (C=O) groups is 3. The summed E-state index contributed by atoms with van der Waals surface area (Å²) >= 11 is 1.31. The van der Waals surface area contributed by atoms with E-state index in [9.17, 15) is 18.6 Å². The molecule has 0 aromatic rings. The molecule has 0 saturated heterocycles. The van der Waals surface area contributed by atoms with Gasteiger partial charge >= 0.3 is 11.9 Å². The van der Waals surface area contributed by atoms with Crippen LogP contribution < -0.4 is 11.1 Å². The zero-order valence-electron chi connectivity index (χ0n) is 10.9. The Kier molecular flexibility index (Phi) is 9.17. The highest BCUT2D eigenvalue weighted by atomic mass is 32.2. The lowest BCUT2D eigenvalue weighted by atomic mass is 10.1. The largest absolute Gasteiger partial charge is 0.480 e. The Hall–Kier alpha value is -1.13. The van der Waals surface area contributed by atoms with Gasteiger partial charge in [-0.3, -0.25) is 13.8 Å². The Morgan fingerprint density at radius 2 is 1.90 bits per heavy atom. The summed E-state index contributed by atoms with van der Waals surface area (Å²) in [5.41, 5.74) is 5.23. The molecule has 10 heteroatoms. The van der Waals surface area contributed by atoms with Crippen molar-refractivity contribution < 1.29 is 28.8 Å². The zero-order valence-corrected chi connectivity index (χ0v) is 12.5. The predicted molar refractivity (Wildman–Crippen MR) is 75.8 cm³/mol. The van der Waals surface area contributed by atoms with E-state index in [1.807, 2.05) is 0 Å². The number of nitrogens with two attached hydrogens (primary N) is 1. The first kappa shape index (κ1) is 18.9. The maximum absolute atomic E-state index is 11.5. The van der Waals surface area contributed by atoms with Gasteiger partial charge in [-0.05, 0) is 12.7 Å². The molecule has 0 radical (unpaired) electrons. The molecule has 0 bridgehead atoms. The number of aliphatic carboxylic acids is 2. The van der Waals surface area contributed by atoms with Crippen molar-refractivity contribution in [3.63, 3.8) is 0 Å². The van der Waals surface area contributed by atoms with Crippen LogP contribution >= 0.6 is 11.8 Å². The number of hydrogen-bond acceptors (Lipinski definition) is 6. The first-order valence-electron chi connectivity index (χ1n) is 5.62. The molecule has 3 atom stereocenters. The second kappa shape index (κ2) is 9.72. The van der Waals surface area contributed by atoms with Gasteiger partial charge in [-0.25, -0.2) is 4.79 Å². The van der Waals surface area contributed by atoms with Gasteiger partial charge in [-0.1, -0.05) is 0 Å². The fraction of sp³-hybridized carbons (Fsp3) is 0.700. The van der Waals surface area contributed by atoms with Crippen LogP contribution in [0.15, 0.2) is 0 Å². The first-order chi connectivity index (χ1) is 9.27. The van der Waals surface area contributed by atoms with Crippen LogP contribution in [0.1, 0.15) is 12.8 Å². The van der Waals surface area contributed by atoms with Crippen LogP contribution in [0, 0.1) is 0 Å². The summed E-state index contributed by atoms with van der Waals surface area (Å²) < 4.78 is 11.5. The molecule has 0 spiro atoms. The van der Waals surface area contributed by atoms with E-state index in [-0.39, 0.29) is 23.7 Å². The summed E-state index contributed by atoms with van der Waals surface area (Å²) in [5.74, 6) is -3.33. The third-order valence-corrected chi connectivity index (χ3v) is 4.93. The quantitative estimate of drug-likeness (QED) is 0.392. The van der Waals surface area contributed by atoms with Crippen LogP contribution in [0.3, 0.4) is 0 Å². The van der Waals surface area contributed by atoms with Crippen molar-refractivity contribution in [1.82, 2.24) is 5.32 Å². The van der Waals surface area contributed by atoms with E-state index in [2.05, 4.69) is 5.32 Å². The van der Waals surface area contributed by atoms with Crippen molar-refractivity contribution in [2.24, 2.45) is 5.73 Å². The number of nitrogens with one attached hydrogen (secondary N) is 1. The Bertz CT molecular complexity index is 390. The molecular formula is C10H18N2O6S2. The maximum Gasteiger partial charge on any atom is 0.327 e. The molecule has 0 aromatic carbocycles. The summed E-state index contributed by atoms with van der Waals surface area (Å²) in [4.78, 5) is 32.9. The number of carboxylic acid groups (broad SMARTS) is 2. The SMILES string of the molecule is CSCS(=O)C[C@H](NC(=O)CC[C@H](N)C(=O)O)C(=O)O. The second-order valence-electron chi connectivity index (χ2n) is 3.95. The Morgan fingerprint density at radius 1 is 1.30 bits per heavy atom. The van der Waals surface area contributed by atoms with Crippen LogP contribution in [-0.4, -0.2) is 61.4 Å². The van der Waals surface area contributed by atoms with E-state index in [0.29, 0.717) is 0 Å². The lowest BCUT2D eigenvalue weighted by Crippen LogP contribution is -2.45. The molecule has 1 unspecified atom stereocenters. The topological polar surface area (TPSA) is 147 Å². The lowest BCUT2D eigenvalue weighted by molar-refractivity contribution is -0.141. The van der Waals surface area contributed by atoms with Crippen LogP contribution in [0.2, 0.25) is 0 Å². The second-order valence-corrected chi connectivity index (χ2v) is 6.69. The van der Waals surface area contributed by atoms with Gasteiger partial charge in [0.15, 0.2) is 0 Å². The van der Waals surface area contributed by atoms with E-state index in [4.69, 9.17) is 15.9 Å². The Labute approximate surface area is 122 Å². The third-order valence-electron chi connectivity index (χ3n) is 2.23. The molecule has 0 aliphatic carbocycles. The molecule has 0 heterocycles. The van der Waals surface area contributed by atoms with Crippen LogP contribution in [0.4, 0.5) is 0 Å². The van der Waals surface area contributed by atoms with Crippen LogP contribution in [0.5, 0.6) is 0 Å². The van der Waals surface area contributed by atoms with Crippen molar-refractivity contribution in [3.8, 4) is 0 Å². The van der Waals surface area contributed by atoms with E-state index >= 15 is 0 Å². The van der Waals surface area contributed by atoms with Gasteiger partial charge in [0, 0.05) is 17.2 Å². The minimum Gasteiger partial charge on any atom is -0.480 e. The average molecular weight is 326 g/mol. The molecule has 0 aliphatic heterocycles. The summed E-state index contributed by atoms with van der Waals surface area (Å²) in [6.45, 7) is 0. The van der Waals surface area contributed by atoms with E-state index in [1.165, 1.54) is 11.8 Å². The summed E-state index contributed by atoms with van der Waals surface area (Å²) in [6, 6.07) is -2.42. The normalized spacial score (nSPS) is 15.1. The van der Waals surface area contributed by atoms with Gasteiger partial charge in [0.2, 0.25) is 5.91 Å². The van der Waals surface area contributed by atoms with Gasteiger partial charge in [-0.15, -0.1) is 0 Å². The standard InChI is InChI=1S/C10H18N2O6S2/c1-19-5-20(18)4-7(10(16)17)12-8(13)3-2-6(11)9(14)15/h6-7H,2-5,11H2,1H3,(H,12,13)(H,14,15)(H,16,17)/t6-,7-,20?/m0/s1. The summed E-state index contributed by atoms with van der Waals surface area (Å²) in [7, 11) is -1.36. The van der Waals surface area contributed by atoms with Gasteiger partial charge < -0.3 is 21.3 Å². The van der Waals surface area contributed by atoms with E-state index < -0.39 is 40.7 Å². The molecular weight excluding hydrogens is 308 g/mol. The molecule has 20 heavy (non-hydrogen) atoms. The lowest BCUT2D eigenvalue weighted by Gasteiger charge is -2.14. The molecule has 0 saturated carbocycles. The Morgan fingerprint density at radius 3 is 2.35 bits per heavy atom. The van der Waals surface area contributed by atoms with E-state index in [0.717, 1.165) is 0 Å². The zero-order chi connectivity index (χ0) is 15.7. The highest BCUT2D eigenvalue weighted by molar-refractivity contribution is 8.09. The number of rotatable bonds is 10. The number of thioether (sulfide) groups is 1. The fourth-order valence-electron chi connectivity index (χ4n) is 1.22. The Balaban J connectivity index is 4.31. The van der Waals surface area contributed by atoms with E-state index in [1.54, 1.807) is 6.26 Å². The average Bonchev–Trinajstić information content (AvgIpc) is 2.35. The van der Waals surface area contributed by atoms with Crippen molar-refractivity contribution in [2.75, 3.05) is 17.1 Å². The molecule has 116 valence electrons. The molecule has 8 nitrogen and oxygen atoms in total. The van der Waals surface area contributed by atoms with Crippen molar-refractivity contribution in [1.29, 1.82) is 0 Å². The highest BCUT2D eigenvalue weighted by Crippen LogP contribution is 2.01. The third kappa shape index (κ3) is 8.12. The smallest absolute Gasteiger partial charge is 0.327 e. The molecule has 1 amide bonds. The monoisotopic (exact) mass is 326 g/mol. The minimum atomic E-state index is -1.36. The van der Waals surface area contributed by atoms with Gasteiger partial charge in [0.25, 0.3) is 0 Å². The number of carbonyl (C=O) groups excluding carboxylic acids is 1. The van der Waals surface area contributed by atoms with Gasteiger partial charge in [0.1, 0.15) is 12.1 Å². The molecule has 5 N–H and O–H groups in total. The maximum atomic E-state index is 11.5. The first-order valence-corrected chi connectivity index (χ1v) is 8.50. The molecule has 0 aromatic heterocycles. The van der Waals surface area contributed by atoms with Crippen LogP contribution in [-0.2, 0) is 25.2 Å².